The highest BCUT2D eigenvalue weighted by atomic mass is 32.2. The minimum atomic E-state index is -6.64. The van der Waals surface area contributed by atoms with Crippen molar-refractivity contribution in [1.29, 1.82) is 0 Å². The van der Waals surface area contributed by atoms with Crippen molar-refractivity contribution >= 4 is 30.4 Å². The second-order valence-electron chi connectivity index (χ2n) is 6.79. The minimum absolute atomic E-state index is 0.166. The highest BCUT2D eigenvalue weighted by Gasteiger charge is 2.51. The van der Waals surface area contributed by atoms with E-state index >= 15 is 0 Å². The molecule has 0 saturated carbocycles. The topological polar surface area (TPSA) is 141 Å². The molecule has 187 valence electrons. The zero-order valence-corrected chi connectivity index (χ0v) is 19.3. The summed E-state index contributed by atoms with van der Waals surface area (Å²) in [5.74, 6) is -1.06. The summed E-state index contributed by atoms with van der Waals surface area (Å²) < 4.78 is 135. The number of unbranched alkanes of at least 4 members (excludes halogenated alkanes) is 6. The molecule has 0 saturated heterocycles. The van der Waals surface area contributed by atoms with Crippen LogP contribution >= 0.6 is 0 Å². The minimum Gasteiger partial charge on any atom is -0.247 e. The van der Waals surface area contributed by atoms with Gasteiger partial charge in [0.05, 0.1) is 5.75 Å². The Morgan fingerprint density at radius 2 is 1.26 bits per heavy atom. The quantitative estimate of drug-likeness (QED) is 0.0927. The Kier molecular flexibility index (Phi) is 13.0. The SMILES string of the molecule is CCCCCCCCCC(F)CCCS(=O)(=O)OC(OS(=O)(=O)C(F)(F)F)S([O])(=O)=O. The summed E-state index contributed by atoms with van der Waals surface area (Å²) >= 11 is 0. The van der Waals surface area contributed by atoms with Gasteiger partial charge in [-0.1, -0.05) is 56.4 Å². The normalized spacial score (nSPS) is 15.7. The Bertz CT molecular complexity index is 824. The molecule has 0 fully saturated rings. The van der Waals surface area contributed by atoms with Gasteiger partial charge >= 0.3 is 31.4 Å². The van der Waals surface area contributed by atoms with E-state index in [4.69, 9.17) is 0 Å². The fraction of sp³-hybridized carbons (Fsp3) is 1.00. The molecule has 1 radical (unpaired) electrons. The van der Waals surface area contributed by atoms with Crippen molar-refractivity contribution in [2.24, 2.45) is 0 Å². The van der Waals surface area contributed by atoms with Gasteiger partial charge < -0.3 is 0 Å². The van der Waals surface area contributed by atoms with Crippen LogP contribution in [0.4, 0.5) is 17.6 Å². The lowest BCUT2D eigenvalue weighted by molar-refractivity contribution is -0.0625. The van der Waals surface area contributed by atoms with E-state index in [-0.39, 0.29) is 12.8 Å². The van der Waals surface area contributed by atoms with Crippen molar-refractivity contribution in [1.82, 2.24) is 0 Å². The van der Waals surface area contributed by atoms with Crippen LogP contribution in [0.1, 0.15) is 71.1 Å². The Morgan fingerprint density at radius 3 is 1.74 bits per heavy atom. The highest BCUT2D eigenvalue weighted by Crippen LogP contribution is 2.27. The van der Waals surface area contributed by atoms with Gasteiger partial charge in [-0.05, 0) is 19.3 Å². The van der Waals surface area contributed by atoms with Crippen LogP contribution in [-0.2, 0) is 43.3 Å². The van der Waals surface area contributed by atoms with Gasteiger partial charge in [0.25, 0.3) is 10.1 Å². The average Bonchev–Trinajstić information content (AvgIpc) is 2.58. The van der Waals surface area contributed by atoms with Gasteiger partial charge in [-0.2, -0.15) is 38.4 Å². The molecule has 2 unspecified atom stereocenters. The van der Waals surface area contributed by atoms with E-state index in [1.54, 1.807) is 0 Å². The summed E-state index contributed by atoms with van der Waals surface area (Å²) in [6.07, 6.45) is 4.82. The standard InChI is InChI=1S/C15H27F4O9S3/c1-2-3-4-5-6-7-8-10-13(16)11-9-12-29(20,21)27-14(30(22,23)24)28-31(25,26)15(17,18)19/h13-14H,2-12H2,1H3. The van der Waals surface area contributed by atoms with Gasteiger partial charge in [-0.25, -0.2) is 12.8 Å². The lowest BCUT2D eigenvalue weighted by Crippen LogP contribution is -2.37. The summed E-state index contributed by atoms with van der Waals surface area (Å²) in [4.78, 5) is 0. The molecule has 0 aliphatic carbocycles. The molecule has 0 bridgehead atoms. The van der Waals surface area contributed by atoms with Crippen LogP contribution in [0.15, 0.2) is 0 Å². The Morgan fingerprint density at radius 1 is 0.774 bits per heavy atom. The molecule has 0 aliphatic rings. The van der Waals surface area contributed by atoms with Crippen LogP contribution in [0, 0.1) is 0 Å². The lowest BCUT2D eigenvalue weighted by atomic mass is 10.1. The maximum absolute atomic E-state index is 13.8. The summed E-state index contributed by atoms with van der Waals surface area (Å²) in [6.45, 7) is 2.08. The molecule has 0 aliphatic heterocycles. The van der Waals surface area contributed by atoms with Gasteiger partial charge in [0.2, 0.25) is 0 Å². The third-order valence-electron chi connectivity index (χ3n) is 3.98. The molecule has 0 spiro atoms. The van der Waals surface area contributed by atoms with Gasteiger partial charge in [0.15, 0.2) is 0 Å². The van der Waals surface area contributed by atoms with Crippen LogP contribution in [0.2, 0.25) is 0 Å². The Hall–Kier alpha value is -0.550. The van der Waals surface area contributed by atoms with E-state index in [1.807, 2.05) is 0 Å². The molecule has 31 heavy (non-hydrogen) atoms. The molecule has 0 rings (SSSR count). The third kappa shape index (κ3) is 13.6. The summed E-state index contributed by atoms with van der Waals surface area (Å²) in [5, 5.41) is 0. The Balaban J connectivity index is 4.57. The summed E-state index contributed by atoms with van der Waals surface area (Å²) in [5.41, 5.74) is -9.92. The number of hydrogen-bond donors (Lipinski definition) is 0. The van der Waals surface area contributed by atoms with E-state index in [0.29, 0.717) is 6.42 Å². The first kappa shape index (κ1) is 30.4. The summed E-state index contributed by atoms with van der Waals surface area (Å²) in [7, 11) is -17.7. The third-order valence-corrected chi connectivity index (χ3v) is 7.14. The van der Waals surface area contributed by atoms with Gasteiger partial charge in [0, 0.05) is 0 Å². The van der Waals surface area contributed by atoms with E-state index in [9.17, 15) is 47.4 Å². The fourth-order valence-electron chi connectivity index (χ4n) is 2.39. The van der Waals surface area contributed by atoms with E-state index in [2.05, 4.69) is 15.3 Å². The maximum atomic E-state index is 13.8. The predicted octanol–water partition coefficient (Wildman–Crippen LogP) is 3.50. The second kappa shape index (κ2) is 13.2. The van der Waals surface area contributed by atoms with E-state index in [1.165, 1.54) is 0 Å². The van der Waals surface area contributed by atoms with Crippen LogP contribution in [0.5, 0.6) is 0 Å². The number of hydrogen-bond acceptors (Lipinski definition) is 8. The lowest BCUT2D eigenvalue weighted by Gasteiger charge is -2.15. The molecule has 0 N–H and O–H groups in total. The van der Waals surface area contributed by atoms with Crippen molar-refractivity contribution in [3.63, 3.8) is 0 Å². The molecule has 0 heterocycles. The molecule has 0 aromatic rings. The van der Waals surface area contributed by atoms with Crippen LogP contribution in [0.3, 0.4) is 0 Å². The van der Waals surface area contributed by atoms with Crippen molar-refractivity contribution in [2.45, 2.75) is 88.4 Å². The first-order valence-corrected chi connectivity index (χ1v) is 14.0. The smallest absolute Gasteiger partial charge is 0.247 e. The van der Waals surface area contributed by atoms with Crippen LogP contribution < -0.4 is 0 Å². The first-order valence-electron chi connectivity index (χ1n) is 9.51. The van der Waals surface area contributed by atoms with Crippen LogP contribution in [-0.4, -0.2) is 48.3 Å². The molecule has 9 nitrogen and oxygen atoms in total. The van der Waals surface area contributed by atoms with Crippen LogP contribution in [0.25, 0.3) is 0 Å². The zero-order valence-electron chi connectivity index (χ0n) is 16.8. The van der Waals surface area contributed by atoms with Gasteiger partial charge in [0.1, 0.15) is 6.17 Å². The highest BCUT2D eigenvalue weighted by molar-refractivity contribution is 7.91. The maximum Gasteiger partial charge on any atom is 0.523 e. The molecular formula is C15H27F4O9S3. The molecule has 0 aromatic carbocycles. The molecule has 0 amide bonds. The number of halogens is 4. The van der Waals surface area contributed by atoms with Gasteiger partial charge in [-0.15, -0.1) is 0 Å². The van der Waals surface area contributed by atoms with Crippen molar-refractivity contribution < 1.29 is 55.7 Å². The number of alkyl halides is 4. The van der Waals surface area contributed by atoms with Crippen molar-refractivity contribution in [3.05, 3.63) is 0 Å². The zero-order chi connectivity index (χ0) is 24.3. The Labute approximate surface area is 180 Å². The molecule has 2 atom stereocenters. The largest absolute Gasteiger partial charge is 0.523 e. The van der Waals surface area contributed by atoms with E-state index in [0.717, 1.165) is 38.5 Å². The fourth-order valence-corrected chi connectivity index (χ4v) is 5.13. The van der Waals surface area contributed by atoms with Gasteiger partial charge in [-0.3, -0.25) is 0 Å². The molecular weight excluding hydrogens is 496 g/mol. The van der Waals surface area contributed by atoms with Crippen molar-refractivity contribution in [3.8, 4) is 0 Å². The van der Waals surface area contributed by atoms with E-state index < -0.39 is 59.8 Å². The van der Waals surface area contributed by atoms with Crippen molar-refractivity contribution in [2.75, 3.05) is 5.75 Å². The predicted molar refractivity (Wildman–Crippen MR) is 101 cm³/mol. The number of rotatable bonds is 17. The average molecular weight is 524 g/mol. The summed E-state index contributed by atoms with van der Waals surface area (Å²) in [6, 6.07) is 0. The molecule has 0 aromatic heterocycles. The molecule has 16 heteroatoms. The second-order valence-corrected chi connectivity index (χ2v) is 11.4. The monoisotopic (exact) mass is 523 g/mol. The first-order chi connectivity index (χ1) is 14.0.